The Bertz CT molecular complexity index is 441. The molecule has 2 fully saturated rings. The van der Waals surface area contributed by atoms with E-state index in [1.807, 2.05) is 0 Å². The van der Waals surface area contributed by atoms with Gasteiger partial charge in [0, 0.05) is 19.6 Å². The van der Waals surface area contributed by atoms with Crippen LogP contribution in [-0.2, 0) is 0 Å². The average Bonchev–Trinajstić information content (AvgIpc) is 2.96. The van der Waals surface area contributed by atoms with Crippen molar-refractivity contribution in [1.29, 1.82) is 0 Å². The quantitative estimate of drug-likeness (QED) is 0.919. The molecule has 19 heavy (non-hydrogen) atoms. The Kier molecular flexibility index (Phi) is 3.73. The Morgan fingerprint density at radius 1 is 1.21 bits per heavy atom. The van der Waals surface area contributed by atoms with Crippen molar-refractivity contribution in [3.8, 4) is 0 Å². The second kappa shape index (κ2) is 5.49. The van der Waals surface area contributed by atoms with Gasteiger partial charge in [-0.05, 0) is 42.7 Å². The lowest BCUT2D eigenvalue weighted by molar-refractivity contribution is 0.494. The third-order valence-electron chi connectivity index (χ3n) is 4.14. The molecule has 0 aromatic carbocycles. The van der Waals surface area contributed by atoms with Crippen LogP contribution in [0.15, 0.2) is 0 Å². The predicted octanol–water partition coefficient (Wildman–Crippen LogP) is 2.58. The van der Waals surface area contributed by atoms with Gasteiger partial charge in [0.15, 0.2) is 0 Å². The molecule has 0 amide bonds. The normalized spacial score (nSPS) is 25.7. The summed E-state index contributed by atoms with van der Waals surface area (Å²) in [7, 11) is 0. The minimum atomic E-state index is 0.278. The molecule has 1 saturated heterocycles. The molecule has 0 radical (unpaired) electrons. The van der Waals surface area contributed by atoms with E-state index in [1.54, 1.807) is 0 Å². The third kappa shape index (κ3) is 2.76. The van der Waals surface area contributed by atoms with E-state index >= 15 is 0 Å². The lowest BCUT2D eigenvalue weighted by atomic mass is 10.0. The topological polar surface area (TPSA) is 53.9 Å². The maximum absolute atomic E-state index is 6.00. The van der Waals surface area contributed by atoms with Gasteiger partial charge in [-0.1, -0.05) is 13.3 Å². The number of nitrogens with one attached hydrogen (secondary N) is 1. The molecule has 1 aromatic rings. The largest absolute Gasteiger partial charge is 0.354 e. The fraction of sp³-hybridized carbons (Fsp3) is 0.769. The van der Waals surface area contributed by atoms with Crippen LogP contribution in [0.25, 0.3) is 0 Å². The van der Waals surface area contributed by atoms with Crippen LogP contribution in [0, 0.1) is 11.8 Å². The number of rotatable bonds is 4. The molecule has 3 rings (SSSR count). The first kappa shape index (κ1) is 12.9. The number of hydrogen-bond acceptors (Lipinski definition) is 5. The third-order valence-corrected chi connectivity index (χ3v) is 4.31. The maximum Gasteiger partial charge on any atom is 0.231 e. The summed E-state index contributed by atoms with van der Waals surface area (Å²) in [5, 5.41) is 3.45. The molecule has 0 spiro atoms. The molecule has 2 heterocycles. The summed E-state index contributed by atoms with van der Waals surface area (Å²) >= 11 is 6.00. The van der Waals surface area contributed by atoms with Gasteiger partial charge in [-0.15, -0.1) is 0 Å². The van der Waals surface area contributed by atoms with Gasteiger partial charge in [-0.25, -0.2) is 0 Å². The predicted molar refractivity (Wildman–Crippen MR) is 76.7 cm³/mol. The molecule has 2 atom stereocenters. The molecule has 1 N–H and O–H groups in total. The van der Waals surface area contributed by atoms with Crippen molar-refractivity contribution in [2.24, 2.45) is 11.8 Å². The van der Waals surface area contributed by atoms with Gasteiger partial charge >= 0.3 is 0 Å². The smallest absolute Gasteiger partial charge is 0.231 e. The van der Waals surface area contributed by atoms with E-state index in [1.165, 1.54) is 19.3 Å². The lowest BCUT2D eigenvalue weighted by Gasteiger charge is -2.17. The van der Waals surface area contributed by atoms with Crippen molar-refractivity contribution in [1.82, 2.24) is 15.0 Å². The minimum absolute atomic E-state index is 0.278. The number of nitrogens with zero attached hydrogens (tertiary/aromatic N) is 4. The first-order valence-corrected chi connectivity index (χ1v) is 7.54. The van der Waals surface area contributed by atoms with Gasteiger partial charge in [-0.3, -0.25) is 0 Å². The highest BCUT2D eigenvalue weighted by atomic mass is 35.5. The van der Waals surface area contributed by atoms with Crippen LogP contribution in [0.5, 0.6) is 0 Å². The van der Waals surface area contributed by atoms with Crippen molar-refractivity contribution < 1.29 is 0 Å². The Morgan fingerprint density at radius 2 is 1.95 bits per heavy atom. The van der Waals surface area contributed by atoms with E-state index in [0.29, 0.717) is 5.95 Å². The summed E-state index contributed by atoms with van der Waals surface area (Å²) < 4.78 is 0. The number of aromatic nitrogens is 3. The molecule has 1 aliphatic carbocycles. The van der Waals surface area contributed by atoms with E-state index in [4.69, 9.17) is 11.6 Å². The van der Waals surface area contributed by atoms with Crippen LogP contribution in [0.1, 0.15) is 32.6 Å². The van der Waals surface area contributed by atoms with Gasteiger partial charge in [-0.2, -0.15) is 15.0 Å². The van der Waals surface area contributed by atoms with Crippen LogP contribution in [0.4, 0.5) is 11.9 Å². The molecule has 6 heteroatoms. The minimum Gasteiger partial charge on any atom is -0.354 e. The van der Waals surface area contributed by atoms with Crippen LogP contribution < -0.4 is 10.2 Å². The fourth-order valence-corrected chi connectivity index (χ4v) is 3.35. The second-order valence-corrected chi connectivity index (χ2v) is 5.85. The van der Waals surface area contributed by atoms with Crippen molar-refractivity contribution in [2.75, 3.05) is 29.9 Å². The Hall–Kier alpha value is -1.10. The van der Waals surface area contributed by atoms with Crippen LogP contribution in [0.2, 0.25) is 5.28 Å². The highest BCUT2D eigenvalue weighted by molar-refractivity contribution is 6.28. The van der Waals surface area contributed by atoms with E-state index in [9.17, 15) is 0 Å². The molecule has 2 unspecified atom stereocenters. The van der Waals surface area contributed by atoms with Crippen molar-refractivity contribution in [3.05, 3.63) is 5.28 Å². The summed E-state index contributed by atoms with van der Waals surface area (Å²) in [6.45, 7) is 5.10. The van der Waals surface area contributed by atoms with Crippen LogP contribution >= 0.6 is 11.6 Å². The van der Waals surface area contributed by atoms with E-state index in [2.05, 4.69) is 32.1 Å². The molecular weight excluding hydrogens is 262 g/mol. The molecule has 0 bridgehead atoms. The molecule has 1 saturated carbocycles. The standard InChI is InChI=1S/C13H20ClN5/c1-2-6-15-12-16-11(14)17-13(18-12)19-7-9-4-3-5-10(9)8-19/h9-10H,2-8H2,1H3,(H,15,16,17,18). The van der Waals surface area contributed by atoms with Crippen molar-refractivity contribution in [2.45, 2.75) is 32.6 Å². The van der Waals surface area contributed by atoms with Gasteiger partial charge in [0.2, 0.25) is 17.2 Å². The Labute approximate surface area is 118 Å². The van der Waals surface area contributed by atoms with Crippen LogP contribution in [-0.4, -0.2) is 34.6 Å². The Balaban J connectivity index is 1.75. The monoisotopic (exact) mass is 281 g/mol. The number of anilines is 2. The first-order chi connectivity index (χ1) is 9.26. The summed E-state index contributed by atoms with van der Waals surface area (Å²) in [4.78, 5) is 15.2. The molecule has 1 aliphatic heterocycles. The van der Waals surface area contributed by atoms with E-state index in [-0.39, 0.29) is 5.28 Å². The molecule has 104 valence electrons. The van der Waals surface area contributed by atoms with Crippen molar-refractivity contribution >= 4 is 23.5 Å². The SMILES string of the molecule is CCCNc1nc(Cl)nc(N2CC3CCCC3C2)n1. The van der Waals surface area contributed by atoms with Crippen LogP contribution in [0.3, 0.4) is 0 Å². The molecular formula is C13H20ClN5. The van der Waals surface area contributed by atoms with Crippen molar-refractivity contribution in [3.63, 3.8) is 0 Å². The zero-order chi connectivity index (χ0) is 13.2. The fourth-order valence-electron chi connectivity index (χ4n) is 3.20. The summed E-state index contributed by atoms with van der Waals surface area (Å²) in [6, 6.07) is 0. The summed E-state index contributed by atoms with van der Waals surface area (Å²) in [5.41, 5.74) is 0. The Morgan fingerprint density at radius 3 is 2.63 bits per heavy atom. The number of halogens is 1. The zero-order valence-electron chi connectivity index (χ0n) is 11.3. The highest BCUT2D eigenvalue weighted by Gasteiger charge is 2.37. The summed E-state index contributed by atoms with van der Waals surface area (Å²) in [5.74, 6) is 2.96. The molecule has 5 nitrogen and oxygen atoms in total. The number of fused-ring (bicyclic) bond motifs is 1. The lowest BCUT2D eigenvalue weighted by Crippen LogP contribution is -2.24. The van der Waals surface area contributed by atoms with Gasteiger partial charge in [0.05, 0.1) is 0 Å². The van der Waals surface area contributed by atoms with E-state index in [0.717, 1.165) is 43.8 Å². The van der Waals surface area contributed by atoms with Gasteiger partial charge in [0.1, 0.15) is 0 Å². The second-order valence-electron chi connectivity index (χ2n) is 5.51. The molecule has 1 aromatic heterocycles. The zero-order valence-corrected chi connectivity index (χ0v) is 12.0. The first-order valence-electron chi connectivity index (χ1n) is 7.16. The van der Waals surface area contributed by atoms with E-state index < -0.39 is 0 Å². The maximum atomic E-state index is 6.00. The summed E-state index contributed by atoms with van der Waals surface area (Å²) in [6.07, 6.45) is 5.11. The number of hydrogen-bond donors (Lipinski definition) is 1. The average molecular weight is 282 g/mol. The van der Waals surface area contributed by atoms with Gasteiger partial charge in [0.25, 0.3) is 0 Å². The van der Waals surface area contributed by atoms with Gasteiger partial charge < -0.3 is 10.2 Å². The molecule has 2 aliphatic rings. The highest BCUT2D eigenvalue weighted by Crippen LogP contribution is 2.38.